The summed E-state index contributed by atoms with van der Waals surface area (Å²) in [5.74, 6) is 0.0386. The summed E-state index contributed by atoms with van der Waals surface area (Å²) >= 11 is 0. The minimum Gasteiger partial charge on any atom is -0.460 e. The first-order chi connectivity index (χ1) is 12.8. The highest BCUT2D eigenvalue weighted by Crippen LogP contribution is 2.25. The van der Waals surface area contributed by atoms with Crippen LogP contribution in [0.1, 0.15) is 35.4 Å². The molecule has 0 spiro atoms. The molecular weight excluding hydrogens is 368 g/mol. The Kier molecular flexibility index (Phi) is 5.67. The van der Waals surface area contributed by atoms with Gasteiger partial charge in [0.25, 0.3) is 0 Å². The van der Waals surface area contributed by atoms with Gasteiger partial charge in [-0.1, -0.05) is 22.9 Å². The molecule has 1 aromatic heterocycles. The lowest BCUT2D eigenvalue weighted by atomic mass is 9.98. The number of rotatable bonds is 5. The molecule has 1 fully saturated rings. The summed E-state index contributed by atoms with van der Waals surface area (Å²) in [6.45, 7) is 6.23. The highest BCUT2D eigenvalue weighted by molar-refractivity contribution is 7.89. The highest BCUT2D eigenvalue weighted by atomic mass is 32.2. The molecule has 2 aromatic rings. The first-order valence-electron chi connectivity index (χ1n) is 8.94. The van der Waals surface area contributed by atoms with E-state index in [4.69, 9.17) is 9.26 Å². The molecule has 0 amide bonds. The van der Waals surface area contributed by atoms with Crippen LogP contribution in [0, 0.1) is 26.7 Å². The zero-order valence-electron chi connectivity index (χ0n) is 15.8. The molecule has 8 heteroatoms. The van der Waals surface area contributed by atoms with Crippen molar-refractivity contribution >= 4 is 16.0 Å². The Labute approximate surface area is 159 Å². The lowest BCUT2D eigenvalue weighted by Gasteiger charge is -2.30. The number of esters is 1. The van der Waals surface area contributed by atoms with Crippen LogP contribution in [0.2, 0.25) is 0 Å². The van der Waals surface area contributed by atoms with Gasteiger partial charge in [0.15, 0.2) is 0 Å². The van der Waals surface area contributed by atoms with Crippen molar-refractivity contribution in [3.05, 3.63) is 46.8 Å². The maximum absolute atomic E-state index is 12.7. The third-order valence-corrected chi connectivity index (χ3v) is 6.90. The van der Waals surface area contributed by atoms with Crippen LogP contribution in [0.3, 0.4) is 0 Å². The number of sulfonamides is 1. The third-order valence-electron chi connectivity index (χ3n) is 4.99. The maximum Gasteiger partial charge on any atom is 0.309 e. The molecule has 0 bridgehead atoms. The van der Waals surface area contributed by atoms with Gasteiger partial charge < -0.3 is 9.26 Å². The molecule has 1 aliphatic rings. The summed E-state index contributed by atoms with van der Waals surface area (Å²) in [4.78, 5) is 12.6. The number of carbonyl (C=O) groups excluding carboxylic acids is 1. The molecule has 1 aromatic carbocycles. The van der Waals surface area contributed by atoms with Gasteiger partial charge in [0.1, 0.15) is 12.4 Å². The van der Waals surface area contributed by atoms with Crippen molar-refractivity contribution in [2.75, 3.05) is 13.1 Å². The Bertz CT molecular complexity index is 891. The number of piperidine rings is 1. The van der Waals surface area contributed by atoms with Gasteiger partial charge >= 0.3 is 5.97 Å². The van der Waals surface area contributed by atoms with Crippen molar-refractivity contribution < 1.29 is 22.5 Å². The molecule has 0 atom stereocenters. The van der Waals surface area contributed by atoms with E-state index in [1.54, 1.807) is 38.1 Å². The molecular formula is C19H24N2O5S. The van der Waals surface area contributed by atoms with Crippen molar-refractivity contribution in [2.45, 2.75) is 45.1 Å². The number of hydrogen-bond acceptors (Lipinski definition) is 6. The van der Waals surface area contributed by atoms with E-state index in [9.17, 15) is 13.2 Å². The van der Waals surface area contributed by atoms with Crippen molar-refractivity contribution in [2.24, 2.45) is 5.92 Å². The average Bonchev–Trinajstić information content (AvgIpc) is 2.98. The zero-order valence-corrected chi connectivity index (χ0v) is 16.6. The minimum absolute atomic E-state index is 0.127. The molecule has 1 saturated heterocycles. The SMILES string of the molecule is Cc1ccc(S(=O)(=O)N2CCC(C(=O)OCc3c(C)noc3C)CC2)cc1. The molecule has 0 radical (unpaired) electrons. The van der Waals surface area contributed by atoms with Gasteiger partial charge in [-0.3, -0.25) is 4.79 Å². The molecule has 3 rings (SSSR count). The van der Waals surface area contributed by atoms with Crippen LogP contribution in [-0.4, -0.2) is 36.9 Å². The molecule has 1 aliphatic heterocycles. The van der Waals surface area contributed by atoms with Crippen LogP contribution < -0.4 is 0 Å². The Morgan fingerprint density at radius 3 is 2.37 bits per heavy atom. The van der Waals surface area contributed by atoms with E-state index >= 15 is 0 Å². The molecule has 0 unspecified atom stereocenters. The van der Waals surface area contributed by atoms with Crippen LogP contribution in [-0.2, 0) is 26.2 Å². The van der Waals surface area contributed by atoms with Gasteiger partial charge in [0.2, 0.25) is 10.0 Å². The average molecular weight is 392 g/mol. The lowest BCUT2D eigenvalue weighted by Crippen LogP contribution is -2.40. The molecule has 2 heterocycles. The van der Waals surface area contributed by atoms with Gasteiger partial charge in [-0.05, 0) is 45.7 Å². The summed E-state index contributed by atoms with van der Waals surface area (Å²) in [7, 11) is -3.53. The van der Waals surface area contributed by atoms with Crippen LogP contribution in [0.15, 0.2) is 33.7 Å². The standard InChI is InChI=1S/C19H24N2O5S/c1-13-4-6-17(7-5-13)27(23,24)21-10-8-16(9-11-21)19(22)25-12-18-14(2)20-26-15(18)3/h4-7,16H,8-12H2,1-3H3. The molecule has 0 N–H and O–H groups in total. The van der Waals surface area contributed by atoms with Crippen LogP contribution in [0.5, 0.6) is 0 Å². The highest BCUT2D eigenvalue weighted by Gasteiger charge is 2.33. The first kappa shape index (κ1) is 19.6. The summed E-state index contributed by atoms with van der Waals surface area (Å²) in [5.41, 5.74) is 2.50. The van der Waals surface area contributed by atoms with E-state index in [-0.39, 0.29) is 23.4 Å². The van der Waals surface area contributed by atoms with E-state index in [0.29, 0.717) is 37.4 Å². The fourth-order valence-electron chi connectivity index (χ4n) is 3.16. The van der Waals surface area contributed by atoms with Crippen molar-refractivity contribution in [1.82, 2.24) is 9.46 Å². The molecule has 146 valence electrons. The Morgan fingerprint density at radius 1 is 1.19 bits per heavy atom. The van der Waals surface area contributed by atoms with E-state index in [0.717, 1.165) is 11.1 Å². The molecule has 7 nitrogen and oxygen atoms in total. The van der Waals surface area contributed by atoms with Gasteiger partial charge in [-0.15, -0.1) is 0 Å². The van der Waals surface area contributed by atoms with E-state index in [1.807, 2.05) is 6.92 Å². The number of aromatic nitrogens is 1. The van der Waals surface area contributed by atoms with Crippen molar-refractivity contribution in [1.29, 1.82) is 0 Å². The van der Waals surface area contributed by atoms with Crippen LogP contribution in [0.25, 0.3) is 0 Å². The molecule has 0 saturated carbocycles. The summed E-state index contributed by atoms with van der Waals surface area (Å²) < 4.78 is 37.3. The monoisotopic (exact) mass is 392 g/mol. The number of ether oxygens (including phenoxy) is 1. The smallest absolute Gasteiger partial charge is 0.309 e. The maximum atomic E-state index is 12.7. The van der Waals surface area contributed by atoms with Gasteiger partial charge in [0.05, 0.1) is 22.1 Å². The summed E-state index contributed by atoms with van der Waals surface area (Å²) in [6, 6.07) is 6.81. The van der Waals surface area contributed by atoms with Crippen molar-refractivity contribution in [3.63, 3.8) is 0 Å². The van der Waals surface area contributed by atoms with Gasteiger partial charge in [-0.2, -0.15) is 4.31 Å². The second-order valence-electron chi connectivity index (χ2n) is 6.90. The normalized spacial score (nSPS) is 16.4. The second-order valence-corrected chi connectivity index (χ2v) is 8.84. The Balaban J connectivity index is 1.56. The van der Waals surface area contributed by atoms with E-state index in [2.05, 4.69) is 5.16 Å². The summed E-state index contributed by atoms with van der Waals surface area (Å²) in [5, 5.41) is 3.84. The number of carbonyl (C=O) groups is 1. The lowest BCUT2D eigenvalue weighted by molar-refractivity contribution is -0.151. The van der Waals surface area contributed by atoms with Crippen molar-refractivity contribution in [3.8, 4) is 0 Å². The van der Waals surface area contributed by atoms with Gasteiger partial charge in [-0.25, -0.2) is 8.42 Å². The number of benzene rings is 1. The molecule has 0 aliphatic carbocycles. The minimum atomic E-state index is -3.53. The molecule has 27 heavy (non-hydrogen) atoms. The first-order valence-corrected chi connectivity index (χ1v) is 10.4. The van der Waals surface area contributed by atoms with Crippen LogP contribution >= 0.6 is 0 Å². The number of hydrogen-bond donors (Lipinski definition) is 0. The summed E-state index contributed by atoms with van der Waals surface area (Å²) in [6.07, 6.45) is 0.900. The largest absolute Gasteiger partial charge is 0.460 e. The third kappa shape index (κ3) is 4.22. The van der Waals surface area contributed by atoms with E-state index in [1.165, 1.54) is 4.31 Å². The quantitative estimate of drug-likeness (QED) is 0.727. The van der Waals surface area contributed by atoms with Crippen LogP contribution in [0.4, 0.5) is 0 Å². The Morgan fingerprint density at radius 2 is 1.81 bits per heavy atom. The number of aryl methyl sites for hydroxylation is 3. The fraction of sp³-hybridized carbons (Fsp3) is 0.474. The predicted octanol–water partition coefficient (Wildman–Crippen LogP) is 2.74. The Hall–Kier alpha value is -2.19. The second kappa shape index (κ2) is 7.82. The van der Waals surface area contributed by atoms with E-state index < -0.39 is 10.0 Å². The number of nitrogens with zero attached hydrogens (tertiary/aromatic N) is 2. The predicted molar refractivity (Wildman–Crippen MR) is 98.4 cm³/mol. The van der Waals surface area contributed by atoms with Gasteiger partial charge in [0, 0.05) is 13.1 Å². The fourth-order valence-corrected chi connectivity index (χ4v) is 4.63. The topological polar surface area (TPSA) is 89.7 Å². The zero-order chi connectivity index (χ0) is 19.6.